The maximum atomic E-state index is 12.4. The second-order valence-corrected chi connectivity index (χ2v) is 7.82. The molecule has 9 heteroatoms. The van der Waals surface area contributed by atoms with Crippen molar-refractivity contribution in [2.75, 3.05) is 18.5 Å². The minimum absolute atomic E-state index is 0.0446. The summed E-state index contributed by atoms with van der Waals surface area (Å²) in [5, 5.41) is 22.7. The molecule has 174 valence electrons. The zero-order valence-electron chi connectivity index (χ0n) is 18.1. The molecule has 0 spiro atoms. The molecule has 0 saturated heterocycles. The number of anilines is 1. The minimum Gasteiger partial charge on any atom is -0.479 e. The standard InChI is InChI=1S/C25H23N3O6/c29-22(24(31)32)13-27-23(30)11-15-9-10-16(12-26-15)28-25(33)34-14-21-19-7-3-1-5-17(19)18-6-2-4-8-20(18)21/h1-10,12,21-22,29H,11,13-14H2,(H,27,30)(H,28,33)(H,31,32)/t22-/m0/s1. The topological polar surface area (TPSA) is 138 Å². The maximum absolute atomic E-state index is 12.4. The van der Waals surface area contributed by atoms with Gasteiger partial charge in [-0.15, -0.1) is 0 Å². The van der Waals surface area contributed by atoms with E-state index < -0.39 is 30.6 Å². The van der Waals surface area contributed by atoms with Crippen molar-refractivity contribution in [3.63, 3.8) is 0 Å². The van der Waals surface area contributed by atoms with Gasteiger partial charge in [-0.05, 0) is 34.4 Å². The van der Waals surface area contributed by atoms with Gasteiger partial charge in [0.15, 0.2) is 6.10 Å². The first-order chi connectivity index (χ1) is 16.4. The summed E-state index contributed by atoms with van der Waals surface area (Å²) in [6, 6.07) is 19.3. The molecule has 1 aliphatic carbocycles. The molecule has 2 aromatic carbocycles. The molecule has 1 aliphatic rings. The van der Waals surface area contributed by atoms with Crippen LogP contribution in [-0.2, 0) is 20.7 Å². The molecule has 0 unspecified atom stereocenters. The highest BCUT2D eigenvalue weighted by molar-refractivity contribution is 5.85. The first-order valence-corrected chi connectivity index (χ1v) is 10.7. The number of ether oxygens (including phenoxy) is 1. The third-order valence-corrected chi connectivity index (χ3v) is 5.53. The first-order valence-electron chi connectivity index (χ1n) is 10.7. The Morgan fingerprint density at radius 2 is 1.62 bits per heavy atom. The van der Waals surface area contributed by atoms with Crippen molar-refractivity contribution in [3.8, 4) is 11.1 Å². The quantitative estimate of drug-likeness (QED) is 0.404. The Labute approximate surface area is 195 Å². The number of hydrogen-bond acceptors (Lipinski definition) is 6. The molecule has 34 heavy (non-hydrogen) atoms. The summed E-state index contributed by atoms with van der Waals surface area (Å²) in [6.07, 6.45) is -0.981. The van der Waals surface area contributed by atoms with Gasteiger partial charge in [-0.2, -0.15) is 0 Å². The lowest BCUT2D eigenvalue weighted by atomic mass is 9.98. The zero-order valence-corrected chi connectivity index (χ0v) is 18.1. The third-order valence-electron chi connectivity index (χ3n) is 5.53. The highest BCUT2D eigenvalue weighted by atomic mass is 16.5. The lowest BCUT2D eigenvalue weighted by Gasteiger charge is -2.14. The first kappa shape index (κ1) is 22.9. The van der Waals surface area contributed by atoms with E-state index in [9.17, 15) is 19.5 Å². The number of fused-ring (bicyclic) bond motifs is 3. The second-order valence-electron chi connectivity index (χ2n) is 7.82. The number of aliphatic hydroxyl groups is 1. The van der Waals surface area contributed by atoms with Gasteiger partial charge in [0.05, 0.1) is 24.8 Å². The summed E-state index contributed by atoms with van der Waals surface area (Å²) in [7, 11) is 0. The van der Waals surface area contributed by atoms with Crippen molar-refractivity contribution < 1.29 is 29.3 Å². The van der Waals surface area contributed by atoms with E-state index in [4.69, 9.17) is 9.84 Å². The Hall–Kier alpha value is -4.24. The summed E-state index contributed by atoms with van der Waals surface area (Å²) in [6.45, 7) is -0.205. The lowest BCUT2D eigenvalue weighted by molar-refractivity contribution is -0.146. The van der Waals surface area contributed by atoms with E-state index in [2.05, 4.69) is 27.8 Å². The second kappa shape index (κ2) is 10.1. The number of carbonyl (C=O) groups excluding carboxylic acids is 2. The summed E-state index contributed by atoms with van der Waals surface area (Å²) < 4.78 is 5.50. The fourth-order valence-electron chi connectivity index (χ4n) is 3.88. The normalized spacial score (nSPS) is 12.9. The molecular weight excluding hydrogens is 438 g/mol. The number of pyridine rings is 1. The van der Waals surface area contributed by atoms with E-state index in [1.807, 2.05) is 36.4 Å². The Balaban J connectivity index is 1.29. The van der Waals surface area contributed by atoms with Crippen molar-refractivity contribution in [2.45, 2.75) is 18.4 Å². The molecule has 1 heterocycles. The van der Waals surface area contributed by atoms with E-state index in [1.54, 1.807) is 12.1 Å². The number of carboxylic acids is 1. The van der Waals surface area contributed by atoms with Crippen molar-refractivity contribution in [3.05, 3.63) is 83.7 Å². The summed E-state index contributed by atoms with van der Waals surface area (Å²) >= 11 is 0. The van der Waals surface area contributed by atoms with Crippen LogP contribution >= 0.6 is 0 Å². The van der Waals surface area contributed by atoms with Crippen molar-refractivity contribution >= 4 is 23.7 Å². The molecule has 0 fully saturated rings. The molecule has 2 amide bonds. The van der Waals surface area contributed by atoms with Gasteiger partial charge in [0.1, 0.15) is 6.61 Å². The zero-order chi connectivity index (χ0) is 24.1. The molecule has 0 radical (unpaired) electrons. The Bertz CT molecular complexity index is 1170. The predicted octanol–water partition coefficient (Wildman–Crippen LogP) is 2.55. The van der Waals surface area contributed by atoms with Crippen LogP contribution in [0, 0.1) is 0 Å². The van der Waals surface area contributed by atoms with Crippen LogP contribution in [0.5, 0.6) is 0 Å². The van der Waals surface area contributed by atoms with E-state index >= 15 is 0 Å². The molecule has 9 nitrogen and oxygen atoms in total. The monoisotopic (exact) mass is 461 g/mol. The van der Waals surface area contributed by atoms with Gasteiger partial charge in [-0.25, -0.2) is 9.59 Å². The summed E-state index contributed by atoms with van der Waals surface area (Å²) in [4.78, 5) is 38.9. The number of rotatable bonds is 8. The van der Waals surface area contributed by atoms with E-state index in [-0.39, 0.29) is 18.9 Å². The van der Waals surface area contributed by atoms with Crippen LogP contribution in [0.15, 0.2) is 66.9 Å². The predicted molar refractivity (Wildman–Crippen MR) is 123 cm³/mol. The van der Waals surface area contributed by atoms with Crippen LogP contribution in [0.2, 0.25) is 0 Å². The Kier molecular flexibility index (Phi) is 6.84. The van der Waals surface area contributed by atoms with Crippen molar-refractivity contribution in [1.82, 2.24) is 10.3 Å². The number of nitrogens with zero attached hydrogens (tertiary/aromatic N) is 1. The van der Waals surface area contributed by atoms with E-state index in [0.29, 0.717) is 11.4 Å². The van der Waals surface area contributed by atoms with Gasteiger partial charge < -0.3 is 20.3 Å². The number of amides is 2. The third kappa shape index (κ3) is 5.21. The van der Waals surface area contributed by atoms with Gasteiger partial charge >= 0.3 is 12.1 Å². The van der Waals surface area contributed by atoms with Gasteiger partial charge in [0, 0.05) is 11.6 Å². The van der Waals surface area contributed by atoms with Gasteiger partial charge in [0.2, 0.25) is 5.91 Å². The van der Waals surface area contributed by atoms with Crippen molar-refractivity contribution in [1.29, 1.82) is 0 Å². The number of hydrogen-bond donors (Lipinski definition) is 4. The summed E-state index contributed by atoms with van der Waals surface area (Å²) in [5.74, 6) is -1.94. The average Bonchev–Trinajstić information content (AvgIpc) is 3.16. The number of nitrogens with one attached hydrogen (secondary N) is 2. The number of benzene rings is 2. The van der Waals surface area contributed by atoms with Crippen LogP contribution in [0.1, 0.15) is 22.7 Å². The van der Waals surface area contributed by atoms with Gasteiger partial charge in [-0.1, -0.05) is 48.5 Å². The molecule has 1 aromatic heterocycles. The molecule has 0 bridgehead atoms. The van der Waals surface area contributed by atoms with Crippen LogP contribution in [0.3, 0.4) is 0 Å². The SMILES string of the molecule is O=C(Cc1ccc(NC(=O)OCC2c3ccccc3-c3ccccc32)cn1)NC[C@H](O)C(=O)O. The molecule has 4 N–H and O–H groups in total. The molecule has 1 atom stereocenters. The molecule has 0 aliphatic heterocycles. The smallest absolute Gasteiger partial charge is 0.411 e. The number of aromatic nitrogens is 1. The van der Waals surface area contributed by atoms with Crippen LogP contribution in [0.25, 0.3) is 11.1 Å². The van der Waals surface area contributed by atoms with Gasteiger partial charge in [-0.3, -0.25) is 15.1 Å². The van der Waals surface area contributed by atoms with Crippen LogP contribution in [-0.4, -0.2) is 52.4 Å². The maximum Gasteiger partial charge on any atom is 0.411 e. The number of aliphatic hydroxyl groups excluding tert-OH is 1. The van der Waals surface area contributed by atoms with Crippen LogP contribution in [0.4, 0.5) is 10.5 Å². The fraction of sp³-hybridized carbons (Fsp3) is 0.200. The molecular formula is C25H23N3O6. The van der Waals surface area contributed by atoms with Crippen LogP contribution < -0.4 is 10.6 Å². The summed E-state index contributed by atoms with van der Waals surface area (Å²) in [5.41, 5.74) is 5.36. The number of carbonyl (C=O) groups is 3. The number of aliphatic carboxylic acids is 1. The lowest BCUT2D eigenvalue weighted by Crippen LogP contribution is -2.37. The Morgan fingerprint density at radius 1 is 0.971 bits per heavy atom. The minimum atomic E-state index is -1.67. The van der Waals surface area contributed by atoms with Gasteiger partial charge in [0.25, 0.3) is 0 Å². The Morgan fingerprint density at radius 3 is 2.21 bits per heavy atom. The van der Waals surface area contributed by atoms with E-state index in [0.717, 1.165) is 22.3 Å². The van der Waals surface area contributed by atoms with Crippen molar-refractivity contribution in [2.24, 2.45) is 0 Å². The van der Waals surface area contributed by atoms with E-state index in [1.165, 1.54) is 6.20 Å². The average molecular weight is 461 g/mol. The molecule has 4 rings (SSSR count). The molecule has 0 saturated carbocycles. The highest BCUT2D eigenvalue weighted by Gasteiger charge is 2.29. The molecule has 3 aromatic rings. The number of carboxylic acid groups (broad SMARTS) is 1. The fourth-order valence-corrected chi connectivity index (χ4v) is 3.88. The largest absolute Gasteiger partial charge is 0.479 e. The highest BCUT2D eigenvalue weighted by Crippen LogP contribution is 2.44.